The summed E-state index contributed by atoms with van der Waals surface area (Å²) in [5, 5.41) is 3.33. The Morgan fingerprint density at radius 2 is 2.23 bits per heavy atom. The molecule has 0 aliphatic carbocycles. The Bertz CT molecular complexity index is 306. The van der Waals surface area contributed by atoms with Crippen molar-refractivity contribution < 1.29 is 0 Å². The van der Waals surface area contributed by atoms with Crippen LogP contribution in [0.4, 0.5) is 0 Å². The normalized spacial score (nSPS) is 17.2. The Morgan fingerprint density at radius 3 is 2.92 bits per heavy atom. The van der Waals surface area contributed by atoms with Gasteiger partial charge in [-0.05, 0) is 0 Å². The van der Waals surface area contributed by atoms with E-state index in [9.17, 15) is 0 Å². The van der Waals surface area contributed by atoms with Gasteiger partial charge in [0.05, 0.1) is 18.7 Å². The topological polar surface area (TPSA) is 29.9 Å². The molecule has 2 rings (SSSR count). The third kappa shape index (κ3) is 1.48. The van der Waals surface area contributed by atoms with Crippen molar-refractivity contribution in [3.63, 3.8) is 0 Å². The molecule has 0 bridgehead atoms. The second-order valence-electron chi connectivity index (χ2n) is 4.67. The predicted molar refractivity (Wildman–Crippen MR) is 52.6 cm³/mol. The molecule has 3 nitrogen and oxygen atoms in total. The molecule has 1 aromatic rings. The van der Waals surface area contributed by atoms with Gasteiger partial charge in [-0.25, -0.2) is 4.98 Å². The zero-order chi connectivity index (χ0) is 9.47. The van der Waals surface area contributed by atoms with Gasteiger partial charge in [0.25, 0.3) is 0 Å². The summed E-state index contributed by atoms with van der Waals surface area (Å²) >= 11 is 0. The Balaban J connectivity index is 2.43. The molecule has 1 N–H and O–H groups in total. The van der Waals surface area contributed by atoms with Crippen molar-refractivity contribution in [2.45, 2.75) is 39.3 Å². The van der Waals surface area contributed by atoms with Crippen LogP contribution in [0.25, 0.3) is 0 Å². The van der Waals surface area contributed by atoms with E-state index in [0.29, 0.717) is 0 Å². The minimum Gasteiger partial charge on any atom is -0.321 e. The molecule has 0 saturated carbocycles. The standard InChI is InChI=1S/C10H17N3/c1-10(2,3)9-8-4-5-11-6-13(8)7-12-9/h7,11H,4-6H2,1-3H3. The molecule has 0 atom stereocenters. The van der Waals surface area contributed by atoms with Gasteiger partial charge < -0.3 is 4.57 Å². The van der Waals surface area contributed by atoms with Crippen LogP contribution in [-0.2, 0) is 18.5 Å². The summed E-state index contributed by atoms with van der Waals surface area (Å²) < 4.78 is 2.21. The van der Waals surface area contributed by atoms with Crippen molar-refractivity contribution in [3.8, 4) is 0 Å². The van der Waals surface area contributed by atoms with Crippen LogP contribution in [0.15, 0.2) is 6.33 Å². The van der Waals surface area contributed by atoms with Crippen molar-refractivity contribution in [1.29, 1.82) is 0 Å². The molecule has 3 heteroatoms. The summed E-state index contributed by atoms with van der Waals surface area (Å²) in [6.45, 7) is 8.65. The van der Waals surface area contributed by atoms with Gasteiger partial charge in [0.2, 0.25) is 0 Å². The highest BCUT2D eigenvalue weighted by Crippen LogP contribution is 2.25. The fraction of sp³-hybridized carbons (Fsp3) is 0.700. The van der Waals surface area contributed by atoms with Crippen LogP contribution in [0.2, 0.25) is 0 Å². The fourth-order valence-electron chi connectivity index (χ4n) is 1.84. The van der Waals surface area contributed by atoms with Gasteiger partial charge in [-0.15, -0.1) is 0 Å². The first kappa shape index (κ1) is 8.75. The predicted octanol–water partition coefficient (Wildman–Crippen LogP) is 1.28. The Kier molecular flexibility index (Phi) is 1.91. The second-order valence-corrected chi connectivity index (χ2v) is 4.67. The van der Waals surface area contributed by atoms with E-state index in [4.69, 9.17) is 0 Å². The maximum absolute atomic E-state index is 4.49. The second kappa shape index (κ2) is 2.84. The van der Waals surface area contributed by atoms with Gasteiger partial charge in [0.15, 0.2) is 0 Å². The van der Waals surface area contributed by atoms with Crippen LogP contribution in [0.3, 0.4) is 0 Å². The van der Waals surface area contributed by atoms with E-state index < -0.39 is 0 Å². The number of hydrogen-bond acceptors (Lipinski definition) is 2. The van der Waals surface area contributed by atoms with E-state index in [1.54, 1.807) is 0 Å². The third-order valence-electron chi connectivity index (χ3n) is 2.48. The number of nitrogens with one attached hydrogen (secondary N) is 1. The van der Waals surface area contributed by atoms with Gasteiger partial charge in [-0.1, -0.05) is 20.8 Å². The molecular formula is C10H17N3. The minimum atomic E-state index is 0.178. The largest absolute Gasteiger partial charge is 0.321 e. The maximum atomic E-state index is 4.49. The number of nitrogens with zero attached hydrogens (tertiary/aromatic N) is 2. The van der Waals surface area contributed by atoms with Crippen LogP contribution in [0, 0.1) is 0 Å². The van der Waals surface area contributed by atoms with Gasteiger partial charge in [0.1, 0.15) is 0 Å². The summed E-state index contributed by atoms with van der Waals surface area (Å²) in [6, 6.07) is 0. The molecular weight excluding hydrogens is 162 g/mol. The highest BCUT2D eigenvalue weighted by atomic mass is 15.2. The molecule has 72 valence electrons. The van der Waals surface area contributed by atoms with Crippen LogP contribution >= 0.6 is 0 Å². The van der Waals surface area contributed by atoms with E-state index in [0.717, 1.165) is 19.6 Å². The number of aromatic nitrogens is 2. The monoisotopic (exact) mass is 179 g/mol. The fourth-order valence-corrected chi connectivity index (χ4v) is 1.84. The maximum Gasteiger partial charge on any atom is 0.0962 e. The summed E-state index contributed by atoms with van der Waals surface area (Å²) in [6.07, 6.45) is 3.05. The summed E-state index contributed by atoms with van der Waals surface area (Å²) in [5.74, 6) is 0. The van der Waals surface area contributed by atoms with Crippen LogP contribution < -0.4 is 5.32 Å². The number of rotatable bonds is 0. The molecule has 0 saturated heterocycles. The molecule has 2 heterocycles. The van der Waals surface area contributed by atoms with Crippen molar-refractivity contribution >= 4 is 0 Å². The summed E-state index contributed by atoms with van der Waals surface area (Å²) in [4.78, 5) is 4.49. The number of hydrogen-bond donors (Lipinski definition) is 1. The smallest absolute Gasteiger partial charge is 0.0962 e. The first-order valence-electron chi connectivity index (χ1n) is 4.84. The number of imidazole rings is 1. The van der Waals surface area contributed by atoms with Gasteiger partial charge in [-0.3, -0.25) is 5.32 Å². The SMILES string of the molecule is CC(C)(C)c1ncn2c1CCNC2. The molecule has 0 radical (unpaired) electrons. The van der Waals surface area contributed by atoms with Crippen molar-refractivity contribution in [2.75, 3.05) is 6.54 Å². The van der Waals surface area contributed by atoms with Crippen molar-refractivity contribution in [2.24, 2.45) is 0 Å². The van der Waals surface area contributed by atoms with E-state index in [-0.39, 0.29) is 5.41 Å². The summed E-state index contributed by atoms with van der Waals surface area (Å²) in [7, 11) is 0. The average molecular weight is 179 g/mol. The first-order chi connectivity index (χ1) is 6.09. The Labute approximate surface area is 79.2 Å². The molecule has 13 heavy (non-hydrogen) atoms. The van der Waals surface area contributed by atoms with Gasteiger partial charge >= 0.3 is 0 Å². The summed E-state index contributed by atoms with van der Waals surface area (Å²) in [5.41, 5.74) is 2.85. The Hall–Kier alpha value is -0.830. The van der Waals surface area contributed by atoms with Crippen LogP contribution in [-0.4, -0.2) is 16.1 Å². The molecule has 0 spiro atoms. The molecule has 0 aromatic carbocycles. The van der Waals surface area contributed by atoms with Crippen molar-refractivity contribution in [3.05, 3.63) is 17.7 Å². The van der Waals surface area contributed by atoms with E-state index in [1.165, 1.54) is 11.4 Å². The zero-order valence-corrected chi connectivity index (χ0v) is 8.59. The lowest BCUT2D eigenvalue weighted by atomic mass is 9.90. The van der Waals surface area contributed by atoms with Crippen LogP contribution in [0.5, 0.6) is 0 Å². The van der Waals surface area contributed by atoms with Crippen molar-refractivity contribution in [1.82, 2.24) is 14.9 Å². The molecule has 1 aliphatic heterocycles. The highest BCUT2D eigenvalue weighted by Gasteiger charge is 2.23. The average Bonchev–Trinajstić information content (AvgIpc) is 2.45. The van der Waals surface area contributed by atoms with Gasteiger partial charge in [-0.2, -0.15) is 0 Å². The molecule has 1 aliphatic rings. The van der Waals surface area contributed by atoms with E-state index in [1.807, 2.05) is 6.33 Å². The zero-order valence-electron chi connectivity index (χ0n) is 8.59. The van der Waals surface area contributed by atoms with E-state index in [2.05, 4.69) is 35.6 Å². The lowest BCUT2D eigenvalue weighted by Crippen LogP contribution is -2.29. The molecule has 0 fully saturated rings. The molecule has 0 amide bonds. The molecule has 1 aromatic heterocycles. The van der Waals surface area contributed by atoms with E-state index >= 15 is 0 Å². The minimum absolute atomic E-state index is 0.178. The highest BCUT2D eigenvalue weighted by molar-refractivity contribution is 5.22. The lowest BCUT2D eigenvalue weighted by molar-refractivity contribution is 0.480. The lowest BCUT2D eigenvalue weighted by Gasteiger charge is -2.22. The Morgan fingerprint density at radius 1 is 1.46 bits per heavy atom. The third-order valence-corrected chi connectivity index (χ3v) is 2.48. The van der Waals surface area contributed by atoms with Crippen LogP contribution in [0.1, 0.15) is 32.2 Å². The quantitative estimate of drug-likeness (QED) is 0.650. The number of fused-ring (bicyclic) bond motifs is 1. The first-order valence-corrected chi connectivity index (χ1v) is 4.84. The van der Waals surface area contributed by atoms with Gasteiger partial charge in [0, 0.05) is 24.1 Å². The molecule has 0 unspecified atom stereocenters.